The van der Waals surface area contributed by atoms with Crippen molar-refractivity contribution in [2.45, 2.75) is 39.5 Å². The van der Waals surface area contributed by atoms with Gasteiger partial charge in [0, 0.05) is 36.2 Å². The molecule has 0 saturated carbocycles. The molecule has 3 heterocycles. The lowest BCUT2D eigenvalue weighted by Gasteiger charge is -2.36. The first-order chi connectivity index (χ1) is 14.4. The van der Waals surface area contributed by atoms with Gasteiger partial charge in [0.15, 0.2) is 0 Å². The number of benzene rings is 1. The van der Waals surface area contributed by atoms with E-state index in [1.54, 1.807) is 12.1 Å². The van der Waals surface area contributed by atoms with Crippen LogP contribution < -0.4 is 10.2 Å². The molecule has 0 radical (unpaired) electrons. The Bertz CT molecular complexity index is 1060. The first-order valence-corrected chi connectivity index (χ1v) is 10.5. The van der Waals surface area contributed by atoms with Crippen LogP contribution in [0.2, 0.25) is 5.02 Å². The molecule has 0 bridgehead atoms. The number of hydrogen-bond acceptors (Lipinski definition) is 5. The first kappa shape index (κ1) is 20.6. The van der Waals surface area contributed by atoms with Gasteiger partial charge in [0.2, 0.25) is 0 Å². The number of hydrogen-bond donors (Lipinski definition) is 1. The second kappa shape index (κ2) is 8.58. The highest BCUT2D eigenvalue weighted by atomic mass is 35.5. The highest BCUT2D eigenvalue weighted by Gasteiger charge is 2.23. The Balaban J connectivity index is 1.42. The summed E-state index contributed by atoms with van der Waals surface area (Å²) >= 11 is 6.03. The molecule has 2 aromatic heterocycles. The zero-order chi connectivity index (χ0) is 21.3. The van der Waals surface area contributed by atoms with Gasteiger partial charge in [0.1, 0.15) is 5.82 Å². The fourth-order valence-corrected chi connectivity index (χ4v) is 3.98. The third-order valence-electron chi connectivity index (χ3n) is 5.22. The van der Waals surface area contributed by atoms with E-state index in [1.165, 1.54) is 0 Å². The SMILES string of the molecule is Cc1nc2cc(Cl)ccc2cc1C(=O)NCc1ccc(N2C[C@@H](C)O[C@@H](C)C2)nc1. The monoisotopic (exact) mass is 424 g/mol. The second-order valence-electron chi connectivity index (χ2n) is 7.83. The topological polar surface area (TPSA) is 67.4 Å². The molecule has 1 amide bonds. The summed E-state index contributed by atoms with van der Waals surface area (Å²) in [5, 5.41) is 4.48. The van der Waals surface area contributed by atoms with E-state index in [0.29, 0.717) is 22.8 Å². The highest BCUT2D eigenvalue weighted by Crippen LogP contribution is 2.21. The van der Waals surface area contributed by atoms with Crippen LogP contribution in [-0.2, 0) is 11.3 Å². The second-order valence-corrected chi connectivity index (χ2v) is 8.26. The van der Waals surface area contributed by atoms with Gasteiger partial charge in [-0.15, -0.1) is 0 Å². The number of carbonyl (C=O) groups is 1. The zero-order valence-corrected chi connectivity index (χ0v) is 18.1. The maximum atomic E-state index is 12.7. The van der Waals surface area contributed by atoms with Gasteiger partial charge in [-0.05, 0) is 50.6 Å². The van der Waals surface area contributed by atoms with Crippen molar-refractivity contribution in [2.24, 2.45) is 0 Å². The smallest absolute Gasteiger partial charge is 0.253 e. The molecule has 156 valence electrons. The maximum absolute atomic E-state index is 12.7. The van der Waals surface area contributed by atoms with Crippen molar-refractivity contribution in [3.63, 3.8) is 0 Å². The number of aromatic nitrogens is 2. The van der Waals surface area contributed by atoms with E-state index in [0.717, 1.165) is 35.4 Å². The Morgan fingerprint density at radius 2 is 1.97 bits per heavy atom. The standard InChI is InChI=1S/C23H25ClN4O2/c1-14-12-28(13-15(2)30-14)22-7-4-17(10-25-22)11-26-23(29)20-8-18-5-6-19(24)9-21(18)27-16(20)3/h4-10,14-15H,11-13H2,1-3H3,(H,26,29)/t14-,15+. The van der Waals surface area contributed by atoms with Gasteiger partial charge in [-0.25, -0.2) is 4.98 Å². The minimum Gasteiger partial charge on any atom is -0.372 e. The minimum atomic E-state index is -0.156. The summed E-state index contributed by atoms with van der Waals surface area (Å²) in [5.74, 6) is 0.775. The highest BCUT2D eigenvalue weighted by molar-refractivity contribution is 6.31. The van der Waals surface area contributed by atoms with E-state index in [2.05, 4.69) is 34.0 Å². The molecule has 2 atom stereocenters. The molecule has 1 aliphatic rings. The van der Waals surface area contributed by atoms with Crippen LogP contribution in [0.3, 0.4) is 0 Å². The fourth-order valence-electron chi connectivity index (χ4n) is 3.82. The number of rotatable bonds is 4. The molecule has 0 aliphatic carbocycles. The molecule has 6 nitrogen and oxygen atoms in total. The van der Waals surface area contributed by atoms with Crippen molar-refractivity contribution in [1.82, 2.24) is 15.3 Å². The van der Waals surface area contributed by atoms with Crippen LogP contribution in [0.5, 0.6) is 0 Å². The third kappa shape index (κ3) is 4.55. The quantitative estimate of drug-likeness (QED) is 0.681. The molecular weight excluding hydrogens is 400 g/mol. The predicted molar refractivity (Wildman–Crippen MR) is 119 cm³/mol. The molecule has 1 fully saturated rings. The van der Waals surface area contributed by atoms with Crippen LogP contribution in [0.4, 0.5) is 5.82 Å². The summed E-state index contributed by atoms with van der Waals surface area (Å²) in [4.78, 5) is 24.0. The number of fused-ring (bicyclic) bond motifs is 1. The van der Waals surface area contributed by atoms with Crippen molar-refractivity contribution < 1.29 is 9.53 Å². The van der Waals surface area contributed by atoms with E-state index in [-0.39, 0.29) is 18.1 Å². The van der Waals surface area contributed by atoms with Crippen LogP contribution in [-0.4, -0.2) is 41.2 Å². The van der Waals surface area contributed by atoms with Gasteiger partial charge in [-0.1, -0.05) is 23.7 Å². The lowest BCUT2D eigenvalue weighted by Crippen LogP contribution is -2.45. The summed E-state index contributed by atoms with van der Waals surface area (Å²) in [6.45, 7) is 8.03. The Morgan fingerprint density at radius 3 is 2.67 bits per heavy atom. The third-order valence-corrected chi connectivity index (χ3v) is 5.46. The van der Waals surface area contributed by atoms with Gasteiger partial charge in [0.05, 0.1) is 29.0 Å². The van der Waals surface area contributed by atoms with Crippen LogP contribution >= 0.6 is 11.6 Å². The minimum absolute atomic E-state index is 0.156. The van der Waals surface area contributed by atoms with Crippen molar-refractivity contribution in [2.75, 3.05) is 18.0 Å². The van der Waals surface area contributed by atoms with E-state index < -0.39 is 0 Å². The molecule has 1 saturated heterocycles. The van der Waals surface area contributed by atoms with Crippen molar-refractivity contribution >= 4 is 34.2 Å². The summed E-state index contributed by atoms with van der Waals surface area (Å²) < 4.78 is 5.78. The zero-order valence-electron chi connectivity index (χ0n) is 17.4. The molecular formula is C23H25ClN4O2. The number of pyridine rings is 2. The lowest BCUT2D eigenvalue weighted by atomic mass is 10.1. The number of aryl methyl sites for hydroxylation is 1. The number of ether oxygens (including phenoxy) is 1. The van der Waals surface area contributed by atoms with Gasteiger partial charge >= 0.3 is 0 Å². The Kier molecular flexibility index (Phi) is 5.88. The average molecular weight is 425 g/mol. The molecule has 30 heavy (non-hydrogen) atoms. The number of halogens is 1. The lowest BCUT2D eigenvalue weighted by molar-refractivity contribution is -0.00546. The largest absolute Gasteiger partial charge is 0.372 e. The van der Waals surface area contributed by atoms with E-state index in [1.807, 2.05) is 37.4 Å². The van der Waals surface area contributed by atoms with E-state index >= 15 is 0 Å². The first-order valence-electron chi connectivity index (χ1n) is 10.1. The summed E-state index contributed by atoms with van der Waals surface area (Å²) in [5.41, 5.74) is 2.96. The van der Waals surface area contributed by atoms with E-state index in [4.69, 9.17) is 16.3 Å². The summed E-state index contributed by atoms with van der Waals surface area (Å²) in [6.07, 6.45) is 2.18. The molecule has 1 aliphatic heterocycles. The maximum Gasteiger partial charge on any atom is 0.253 e. The van der Waals surface area contributed by atoms with Crippen molar-refractivity contribution in [3.8, 4) is 0 Å². The van der Waals surface area contributed by atoms with Crippen LogP contribution in [0.25, 0.3) is 10.9 Å². The number of morpholine rings is 1. The molecule has 4 rings (SSSR count). The van der Waals surface area contributed by atoms with Crippen LogP contribution in [0.1, 0.15) is 35.5 Å². The molecule has 0 spiro atoms. The molecule has 3 aromatic rings. The van der Waals surface area contributed by atoms with Crippen molar-refractivity contribution in [1.29, 1.82) is 0 Å². The Morgan fingerprint density at radius 1 is 1.20 bits per heavy atom. The molecule has 0 unspecified atom stereocenters. The number of nitrogens with one attached hydrogen (secondary N) is 1. The Hall–Kier alpha value is -2.70. The summed E-state index contributed by atoms with van der Waals surface area (Å²) in [6, 6.07) is 11.3. The van der Waals surface area contributed by atoms with Crippen LogP contribution in [0, 0.1) is 6.92 Å². The number of carbonyl (C=O) groups excluding carboxylic acids is 1. The van der Waals surface area contributed by atoms with Gasteiger partial charge in [0.25, 0.3) is 5.91 Å². The fraction of sp³-hybridized carbons (Fsp3) is 0.348. The molecule has 1 N–H and O–H groups in total. The van der Waals surface area contributed by atoms with Crippen LogP contribution in [0.15, 0.2) is 42.6 Å². The van der Waals surface area contributed by atoms with Crippen molar-refractivity contribution in [3.05, 3.63) is 64.4 Å². The molecule has 7 heteroatoms. The Labute approximate surface area is 181 Å². The molecule has 1 aromatic carbocycles. The normalized spacial score (nSPS) is 19.1. The van der Waals surface area contributed by atoms with Gasteiger partial charge in [-0.2, -0.15) is 0 Å². The predicted octanol–water partition coefficient (Wildman–Crippen LogP) is 4.14. The number of amides is 1. The number of nitrogens with zero attached hydrogens (tertiary/aromatic N) is 3. The number of anilines is 1. The van der Waals surface area contributed by atoms with Gasteiger partial charge in [-0.3, -0.25) is 9.78 Å². The summed E-state index contributed by atoms with van der Waals surface area (Å²) in [7, 11) is 0. The van der Waals surface area contributed by atoms with Gasteiger partial charge < -0.3 is 15.0 Å². The van der Waals surface area contributed by atoms with E-state index in [9.17, 15) is 4.79 Å². The average Bonchev–Trinajstić information content (AvgIpc) is 2.71.